The van der Waals surface area contributed by atoms with Gasteiger partial charge in [-0.3, -0.25) is 4.98 Å². The zero-order valence-electron chi connectivity index (χ0n) is 13.0. The molecular weight excluding hydrogens is 284 g/mol. The van der Waals surface area contributed by atoms with Crippen molar-refractivity contribution in [3.8, 4) is 0 Å². The third-order valence-electron chi connectivity index (χ3n) is 3.85. The molecule has 1 saturated heterocycles. The van der Waals surface area contributed by atoms with Crippen LogP contribution in [0.3, 0.4) is 0 Å². The molecule has 1 aliphatic rings. The molecule has 1 aliphatic heterocycles. The summed E-state index contributed by atoms with van der Waals surface area (Å²) in [6, 6.07) is 2.71. The van der Waals surface area contributed by atoms with Crippen molar-refractivity contribution in [1.29, 1.82) is 0 Å². The van der Waals surface area contributed by atoms with Crippen LogP contribution < -0.4 is 10.6 Å². The topological polar surface area (TPSA) is 86.7 Å². The fourth-order valence-corrected chi connectivity index (χ4v) is 2.48. The molecule has 0 aliphatic carbocycles. The molecule has 0 aromatic carbocycles. The van der Waals surface area contributed by atoms with E-state index < -0.39 is 12.1 Å². The lowest BCUT2D eigenvalue weighted by Crippen LogP contribution is -2.48. The van der Waals surface area contributed by atoms with Crippen molar-refractivity contribution in [3.05, 3.63) is 24.5 Å². The van der Waals surface area contributed by atoms with Gasteiger partial charge in [0.05, 0.1) is 30.6 Å². The van der Waals surface area contributed by atoms with Gasteiger partial charge >= 0.3 is 6.03 Å². The lowest BCUT2D eigenvalue weighted by Gasteiger charge is -2.24. The number of aliphatic hydroxyl groups excluding tert-OH is 1. The normalized spacial score (nSPS) is 24.5. The number of urea groups is 1. The molecule has 1 aromatic heterocycles. The molecule has 0 saturated carbocycles. The fourth-order valence-electron chi connectivity index (χ4n) is 2.48. The number of amides is 2. The summed E-state index contributed by atoms with van der Waals surface area (Å²) in [5.74, 6) is 0. The van der Waals surface area contributed by atoms with Crippen LogP contribution in [0.4, 0.5) is 10.5 Å². The van der Waals surface area contributed by atoms with E-state index in [0.717, 1.165) is 13.1 Å². The molecule has 2 amide bonds. The molecule has 1 fully saturated rings. The molecule has 3 atom stereocenters. The molecule has 7 nitrogen and oxygen atoms in total. The molecule has 0 spiro atoms. The van der Waals surface area contributed by atoms with E-state index in [1.54, 1.807) is 24.5 Å². The summed E-state index contributed by atoms with van der Waals surface area (Å²) in [7, 11) is 0. The number of aromatic nitrogens is 1. The van der Waals surface area contributed by atoms with Crippen molar-refractivity contribution in [2.75, 3.05) is 31.6 Å². The highest BCUT2D eigenvalue weighted by Crippen LogP contribution is 2.16. The van der Waals surface area contributed by atoms with Crippen LogP contribution in [0.25, 0.3) is 0 Å². The molecule has 0 bridgehead atoms. The first-order chi connectivity index (χ1) is 10.6. The Bertz CT molecular complexity index is 467. The first kappa shape index (κ1) is 16.7. The van der Waals surface area contributed by atoms with Gasteiger partial charge < -0.3 is 25.4 Å². The largest absolute Gasteiger partial charge is 0.388 e. The summed E-state index contributed by atoms with van der Waals surface area (Å²) < 4.78 is 5.62. The number of rotatable bonds is 6. The second kappa shape index (κ2) is 8.07. The molecule has 22 heavy (non-hydrogen) atoms. The predicted molar refractivity (Wildman–Crippen MR) is 83.7 cm³/mol. The van der Waals surface area contributed by atoms with Crippen LogP contribution in [0.15, 0.2) is 24.5 Å². The molecule has 7 heteroatoms. The van der Waals surface area contributed by atoms with E-state index in [2.05, 4.69) is 34.4 Å². The standard InChI is InChI=1S/C15H24N4O3/c1-3-19(4-2)9-13-14(20)12(10-22-13)18-15(21)17-11-6-5-7-16-8-11/h5-8,12-14,20H,3-4,9-10H2,1-2H3,(H2,17,18,21)/t12-,13+,14-/m1/s1. The average Bonchev–Trinajstić information content (AvgIpc) is 2.86. The van der Waals surface area contributed by atoms with Crippen molar-refractivity contribution < 1.29 is 14.6 Å². The van der Waals surface area contributed by atoms with Crippen LogP contribution in [0, 0.1) is 0 Å². The van der Waals surface area contributed by atoms with Gasteiger partial charge in [-0.05, 0) is 25.2 Å². The quantitative estimate of drug-likeness (QED) is 0.719. The Morgan fingerprint density at radius 3 is 2.91 bits per heavy atom. The second-order valence-electron chi connectivity index (χ2n) is 5.29. The minimum absolute atomic E-state index is 0.274. The van der Waals surface area contributed by atoms with E-state index >= 15 is 0 Å². The van der Waals surface area contributed by atoms with Crippen molar-refractivity contribution in [2.45, 2.75) is 32.1 Å². The van der Waals surface area contributed by atoms with Gasteiger partial charge in [0, 0.05) is 12.7 Å². The smallest absolute Gasteiger partial charge is 0.319 e. The second-order valence-corrected chi connectivity index (χ2v) is 5.29. The van der Waals surface area contributed by atoms with Crippen LogP contribution in [0.5, 0.6) is 0 Å². The Balaban J connectivity index is 1.82. The van der Waals surface area contributed by atoms with E-state index in [1.165, 1.54) is 0 Å². The number of carbonyl (C=O) groups excluding carboxylic acids is 1. The van der Waals surface area contributed by atoms with Crippen LogP contribution in [-0.4, -0.2) is 65.5 Å². The number of anilines is 1. The number of pyridine rings is 1. The lowest BCUT2D eigenvalue weighted by atomic mass is 10.1. The van der Waals surface area contributed by atoms with Crippen LogP contribution in [0.1, 0.15) is 13.8 Å². The Kier molecular flexibility index (Phi) is 6.11. The third kappa shape index (κ3) is 4.40. The van der Waals surface area contributed by atoms with E-state index in [9.17, 15) is 9.90 Å². The average molecular weight is 308 g/mol. The van der Waals surface area contributed by atoms with Gasteiger partial charge in [0.15, 0.2) is 0 Å². The maximum absolute atomic E-state index is 11.9. The highest BCUT2D eigenvalue weighted by atomic mass is 16.5. The van der Waals surface area contributed by atoms with Gasteiger partial charge in [0.1, 0.15) is 6.10 Å². The lowest BCUT2D eigenvalue weighted by molar-refractivity contribution is 0.0173. The number of carbonyl (C=O) groups is 1. The predicted octanol–water partition coefficient (Wildman–Crippen LogP) is 0.673. The molecule has 2 heterocycles. The number of aliphatic hydroxyl groups is 1. The van der Waals surface area contributed by atoms with Crippen molar-refractivity contribution in [1.82, 2.24) is 15.2 Å². The van der Waals surface area contributed by atoms with Crippen molar-refractivity contribution >= 4 is 11.7 Å². The van der Waals surface area contributed by atoms with E-state index in [-0.39, 0.29) is 12.1 Å². The Morgan fingerprint density at radius 1 is 1.50 bits per heavy atom. The van der Waals surface area contributed by atoms with Crippen molar-refractivity contribution in [2.24, 2.45) is 0 Å². The fraction of sp³-hybridized carbons (Fsp3) is 0.600. The maximum Gasteiger partial charge on any atom is 0.319 e. The number of hydrogen-bond acceptors (Lipinski definition) is 5. The molecule has 122 valence electrons. The van der Waals surface area contributed by atoms with Crippen LogP contribution in [-0.2, 0) is 4.74 Å². The molecule has 2 rings (SSSR count). The van der Waals surface area contributed by atoms with Crippen LogP contribution >= 0.6 is 0 Å². The van der Waals surface area contributed by atoms with E-state index in [4.69, 9.17) is 4.74 Å². The zero-order chi connectivity index (χ0) is 15.9. The number of likely N-dealkylation sites (N-methyl/N-ethyl adjacent to an activating group) is 1. The van der Waals surface area contributed by atoms with E-state index in [1.807, 2.05) is 0 Å². The Labute approximate surface area is 130 Å². The first-order valence-corrected chi connectivity index (χ1v) is 7.63. The minimum Gasteiger partial charge on any atom is -0.388 e. The van der Waals surface area contributed by atoms with Crippen LogP contribution in [0.2, 0.25) is 0 Å². The van der Waals surface area contributed by atoms with Crippen molar-refractivity contribution in [3.63, 3.8) is 0 Å². The summed E-state index contributed by atoms with van der Waals surface area (Å²) in [6.45, 7) is 6.93. The number of nitrogens with zero attached hydrogens (tertiary/aromatic N) is 2. The molecule has 3 N–H and O–H groups in total. The minimum atomic E-state index is -0.708. The Hall–Kier alpha value is -1.70. The van der Waals surface area contributed by atoms with E-state index in [0.29, 0.717) is 18.8 Å². The summed E-state index contributed by atoms with van der Waals surface area (Å²) in [5, 5.41) is 15.7. The molecular formula is C15H24N4O3. The summed E-state index contributed by atoms with van der Waals surface area (Å²) in [4.78, 5) is 18.0. The highest BCUT2D eigenvalue weighted by Gasteiger charge is 2.37. The Morgan fingerprint density at radius 2 is 2.27 bits per heavy atom. The number of ether oxygens (including phenoxy) is 1. The molecule has 0 unspecified atom stereocenters. The first-order valence-electron chi connectivity index (χ1n) is 7.63. The van der Waals surface area contributed by atoms with Gasteiger partial charge in [-0.15, -0.1) is 0 Å². The zero-order valence-corrected chi connectivity index (χ0v) is 13.0. The SMILES string of the molecule is CCN(CC)C[C@@H]1OC[C@@H](NC(=O)Nc2cccnc2)[C@H]1O. The summed E-state index contributed by atoms with van der Waals surface area (Å²) >= 11 is 0. The summed E-state index contributed by atoms with van der Waals surface area (Å²) in [5.41, 5.74) is 0.605. The highest BCUT2D eigenvalue weighted by molar-refractivity contribution is 5.89. The van der Waals surface area contributed by atoms with Gasteiger partial charge in [0.25, 0.3) is 0 Å². The molecule has 0 radical (unpaired) electrons. The van der Waals surface area contributed by atoms with Gasteiger partial charge in [-0.25, -0.2) is 4.79 Å². The number of nitrogens with one attached hydrogen (secondary N) is 2. The maximum atomic E-state index is 11.9. The number of hydrogen-bond donors (Lipinski definition) is 3. The third-order valence-corrected chi connectivity index (χ3v) is 3.85. The monoisotopic (exact) mass is 308 g/mol. The molecule has 1 aromatic rings. The summed E-state index contributed by atoms with van der Waals surface area (Å²) in [6.07, 6.45) is 2.21. The van der Waals surface area contributed by atoms with Gasteiger partial charge in [0.2, 0.25) is 0 Å². The van der Waals surface area contributed by atoms with Gasteiger partial charge in [-0.1, -0.05) is 13.8 Å². The van der Waals surface area contributed by atoms with Gasteiger partial charge in [-0.2, -0.15) is 0 Å².